The van der Waals surface area contributed by atoms with E-state index in [1.54, 1.807) is 12.1 Å². The fraction of sp³-hybridized carbons (Fsp3) is 0.111. The van der Waals surface area contributed by atoms with Gasteiger partial charge in [-0.25, -0.2) is 4.98 Å². The number of anilines is 1. The van der Waals surface area contributed by atoms with Crippen molar-refractivity contribution >= 4 is 16.7 Å². The lowest BCUT2D eigenvalue weighted by molar-refractivity contribution is 0.482. The summed E-state index contributed by atoms with van der Waals surface area (Å²) in [6.45, 7) is 0.258. The van der Waals surface area contributed by atoms with Gasteiger partial charge >= 0.3 is 0 Å². The first-order valence-electron chi connectivity index (χ1n) is 4.34. The van der Waals surface area contributed by atoms with Gasteiger partial charge in [-0.05, 0) is 12.1 Å². The zero-order valence-corrected chi connectivity index (χ0v) is 7.82. The van der Waals surface area contributed by atoms with Crippen molar-refractivity contribution in [3.05, 3.63) is 28.2 Å². The molecule has 0 unspecified atom stereocenters. The number of pyridine rings is 2. The van der Waals surface area contributed by atoms with Crippen molar-refractivity contribution in [3.63, 3.8) is 0 Å². The summed E-state index contributed by atoms with van der Waals surface area (Å²) in [4.78, 5) is 17.8. The molecule has 2 rings (SSSR count). The molecule has 15 heavy (non-hydrogen) atoms. The molecule has 0 aliphatic heterocycles. The van der Waals surface area contributed by atoms with Crippen LogP contribution in [0.4, 0.5) is 5.69 Å². The molecule has 0 aliphatic carbocycles. The lowest BCUT2D eigenvalue weighted by Gasteiger charge is -2.04. The second kappa shape index (κ2) is 3.25. The number of nitrogen functional groups attached to an aromatic ring is 1. The number of hydrogen-bond acceptors (Lipinski definition) is 5. The maximum absolute atomic E-state index is 11.2. The van der Waals surface area contributed by atoms with Crippen LogP contribution in [0, 0.1) is 0 Å². The lowest BCUT2D eigenvalue weighted by Crippen LogP contribution is -2.12. The van der Waals surface area contributed by atoms with Crippen molar-refractivity contribution in [2.75, 3.05) is 5.73 Å². The van der Waals surface area contributed by atoms with E-state index in [1.165, 1.54) is 0 Å². The summed E-state index contributed by atoms with van der Waals surface area (Å²) in [5.74, 6) is -0.302. The Labute approximate surface area is 84.6 Å². The standard InChI is InChI=1S/C9H10N4O2/c10-3-4-1-2-5-7(12-4)8(14)6(11)9(15)13-5/h1-2H,3,10-11H2,(H2,13,14,15). The second-order valence-electron chi connectivity index (χ2n) is 3.12. The van der Waals surface area contributed by atoms with Gasteiger partial charge in [0.15, 0.2) is 5.75 Å². The van der Waals surface area contributed by atoms with Crippen LogP contribution in [0.2, 0.25) is 0 Å². The van der Waals surface area contributed by atoms with Crippen LogP contribution in [0.3, 0.4) is 0 Å². The molecule has 0 radical (unpaired) electrons. The van der Waals surface area contributed by atoms with Gasteiger partial charge in [-0.2, -0.15) is 0 Å². The van der Waals surface area contributed by atoms with Crippen LogP contribution in [0.5, 0.6) is 5.75 Å². The Bertz CT molecular complexity index is 576. The number of aromatic nitrogens is 2. The minimum atomic E-state index is -0.526. The minimum absolute atomic E-state index is 0.232. The van der Waals surface area contributed by atoms with Crippen LogP contribution >= 0.6 is 0 Å². The van der Waals surface area contributed by atoms with Crippen LogP contribution in [-0.4, -0.2) is 15.1 Å². The third-order valence-electron chi connectivity index (χ3n) is 2.13. The first-order chi connectivity index (χ1) is 7.13. The third-order valence-corrected chi connectivity index (χ3v) is 2.13. The monoisotopic (exact) mass is 206 g/mol. The van der Waals surface area contributed by atoms with Gasteiger partial charge in [0, 0.05) is 6.54 Å². The maximum atomic E-state index is 11.2. The van der Waals surface area contributed by atoms with E-state index in [4.69, 9.17) is 11.5 Å². The number of aromatic amines is 1. The van der Waals surface area contributed by atoms with E-state index < -0.39 is 5.56 Å². The highest BCUT2D eigenvalue weighted by Gasteiger charge is 2.09. The Kier molecular flexibility index (Phi) is 2.05. The van der Waals surface area contributed by atoms with Gasteiger partial charge in [0.05, 0.1) is 11.2 Å². The van der Waals surface area contributed by atoms with Crippen LogP contribution < -0.4 is 17.0 Å². The molecule has 0 spiro atoms. The number of aromatic hydroxyl groups is 1. The Hall–Kier alpha value is -2.08. The highest BCUT2D eigenvalue weighted by atomic mass is 16.3. The molecule has 2 heterocycles. The fourth-order valence-corrected chi connectivity index (χ4v) is 1.32. The van der Waals surface area contributed by atoms with E-state index in [0.717, 1.165) is 0 Å². The molecule has 0 saturated carbocycles. The summed E-state index contributed by atoms with van der Waals surface area (Å²) in [6, 6.07) is 3.30. The first kappa shape index (κ1) is 9.47. The summed E-state index contributed by atoms with van der Waals surface area (Å²) in [7, 11) is 0. The quantitative estimate of drug-likeness (QED) is 0.509. The summed E-state index contributed by atoms with van der Waals surface area (Å²) in [6.07, 6.45) is 0. The van der Waals surface area contributed by atoms with Gasteiger partial charge in [-0.3, -0.25) is 4.79 Å². The molecule has 6 heteroatoms. The van der Waals surface area contributed by atoms with Gasteiger partial charge in [0.1, 0.15) is 11.2 Å². The van der Waals surface area contributed by atoms with Gasteiger partial charge < -0.3 is 21.6 Å². The SMILES string of the molecule is NCc1ccc2[nH]c(=O)c(N)c(O)c2n1. The van der Waals surface area contributed by atoms with Gasteiger partial charge in [-0.1, -0.05) is 0 Å². The number of nitrogens with zero attached hydrogens (tertiary/aromatic N) is 1. The first-order valence-corrected chi connectivity index (χ1v) is 4.34. The predicted octanol–water partition coefficient (Wildman–Crippen LogP) is -0.330. The molecule has 0 fully saturated rings. The third kappa shape index (κ3) is 1.40. The van der Waals surface area contributed by atoms with Gasteiger partial charge in [0.25, 0.3) is 5.56 Å². The van der Waals surface area contributed by atoms with Crippen molar-refractivity contribution in [2.45, 2.75) is 6.54 Å². The van der Waals surface area contributed by atoms with Crippen molar-refractivity contribution in [1.82, 2.24) is 9.97 Å². The maximum Gasteiger partial charge on any atom is 0.275 e. The van der Waals surface area contributed by atoms with Crippen LogP contribution in [-0.2, 0) is 6.54 Å². The van der Waals surface area contributed by atoms with Crippen molar-refractivity contribution in [2.24, 2.45) is 5.73 Å². The molecule has 2 aromatic rings. The average Bonchev–Trinajstić information content (AvgIpc) is 2.26. The molecule has 0 atom stereocenters. The molecular weight excluding hydrogens is 196 g/mol. The van der Waals surface area contributed by atoms with Crippen molar-refractivity contribution < 1.29 is 5.11 Å². The zero-order valence-electron chi connectivity index (χ0n) is 7.82. The van der Waals surface area contributed by atoms with E-state index in [-0.39, 0.29) is 23.5 Å². The summed E-state index contributed by atoms with van der Waals surface area (Å²) >= 11 is 0. The van der Waals surface area contributed by atoms with E-state index in [2.05, 4.69) is 9.97 Å². The number of hydrogen-bond donors (Lipinski definition) is 4. The minimum Gasteiger partial charge on any atom is -0.504 e. The van der Waals surface area contributed by atoms with Crippen LogP contribution in [0.1, 0.15) is 5.69 Å². The van der Waals surface area contributed by atoms with Crippen molar-refractivity contribution in [3.8, 4) is 5.75 Å². The number of nitrogens with one attached hydrogen (secondary N) is 1. The van der Waals surface area contributed by atoms with E-state index in [1.807, 2.05) is 0 Å². The topological polar surface area (TPSA) is 118 Å². The highest BCUT2D eigenvalue weighted by Crippen LogP contribution is 2.24. The van der Waals surface area contributed by atoms with E-state index in [0.29, 0.717) is 11.2 Å². The average molecular weight is 206 g/mol. The fourth-order valence-electron chi connectivity index (χ4n) is 1.32. The molecular formula is C9H10N4O2. The Morgan fingerprint density at radius 2 is 2.20 bits per heavy atom. The Balaban J connectivity index is 2.87. The molecule has 0 aliphatic rings. The number of fused-ring (bicyclic) bond motifs is 1. The summed E-state index contributed by atoms with van der Waals surface area (Å²) < 4.78 is 0. The smallest absolute Gasteiger partial charge is 0.275 e. The normalized spacial score (nSPS) is 10.7. The molecule has 0 bridgehead atoms. The number of H-pyrrole nitrogens is 1. The summed E-state index contributed by atoms with van der Waals surface area (Å²) in [5, 5.41) is 9.61. The molecule has 0 saturated heterocycles. The van der Waals surface area contributed by atoms with Gasteiger partial charge in [0.2, 0.25) is 0 Å². The lowest BCUT2D eigenvalue weighted by atomic mass is 10.2. The van der Waals surface area contributed by atoms with E-state index in [9.17, 15) is 9.90 Å². The molecule has 2 aromatic heterocycles. The Morgan fingerprint density at radius 3 is 2.87 bits per heavy atom. The van der Waals surface area contributed by atoms with Gasteiger partial charge in [-0.15, -0.1) is 0 Å². The zero-order chi connectivity index (χ0) is 11.0. The molecule has 0 amide bonds. The predicted molar refractivity (Wildman–Crippen MR) is 56.3 cm³/mol. The molecule has 6 nitrogen and oxygen atoms in total. The van der Waals surface area contributed by atoms with Crippen molar-refractivity contribution in [1.29, 1.82) is 0 Å². The molecule has 6 N–H and O–H groups in total. The highest BCUT2D eigenvalue weighted by molar-refractivity contribution is 5.85. The molecule has 0 aromatic carbocycles. The largest absolute Gasteiger partial charge is 0.504 e. The van der Waals surface area contributed by atoms with Crippen LogP contribution in [0.25, 0.3) is 11.0 Å². The molecule has 78 valence electrons. The summed E-state index contributed by atoms with van der Waals surface area (Å²) in [5.41, 5.74) is 11.3. The number of nitrogens with two attached hydrogens (primary N) is 2. The Morgan fingerprint density at radius 1 is 1.47 bits per heavy atom. The second-order valence-corrected chi connectivity index (χ2v) is 3.12. The van der Waals surface area contributed by atoms with E-state index >= 15 is 0 Å². The van der Waals surface area contributed by atoms with Crippen LogP contribution in [0.15, 0.2) is 16.9 Å². The number of rotatable bonds is 1.